The summed E-state index contributed by atoms with van der Waals surface area (Å²) >= 11 is 0. The molecule has 0 saturated heterocycles. The summed E-state index contributed by atoms with van der Waals surface area (Å²) in [5.74, 6) is 0.964. The summed E-state index contributed by atoms with van der Waals surface area (Å²) in [4.78, 5) is 0. The fourth-order valence-corrected chi connectivity index (χ4v) is 4.00. The van der Waals surface area contributed by atoms with Gasteiger partial charge >= 0.3 is 0 Å². The molecule has 0 amide bonds. The van der Waals surface area contributed by atoms with Crippen molar-refractivity contribution in [1.29, 1.82) is 0 Å². The quantitative estimate of drug-likeness (QED) is 0.603. The molecule has 3 aromatic rings. The summed E-state index contributed by atoms with van der Waals surface area (Å²) < 4.78 is 6.41. The van der Waals surface area contributed by atoms with E-state index in [-0.39, 0.29) is 12.3 Å². The molecule has 0 aromatic heterocycles. The van der Waals surface area contributed by atoms with Gasteiger partial charge in [0.1, 0.15) is 5.75 Å². The number of para-hydroxylation sites is 1. The third kappa shape index (κ3) is 2.80. The van der Waals surface area contributed by atoms with Gasteiger partial charge in [0.25, 0.3) is 0 Å². The smallest absolute Gasteiger partial charge is 0.213 e. The first-order valence-electron chi connectivity index (χ1n) is 9.44. The lowest BCUT2D eigenvalue weighted by molar-refractivity contribution is -0.0190. The van der Waals surface area contributed by atoms with E-state index in [0.29, 0.717) is 0 Å². The number of hydrogen-bond acceptors (Lipinski definition) is 3. The first kappa shape index (κ1) is 16.1. The Morgan fingerprint density at radius 2 is 1.70 bits per heavy atom. The van der Waals surface area contributed by atoms with Crippen LogP contribution in [0.1, 0.15) is 46.5 Å². The predicted octanol–water partition coefficient (Wildman–Crippen LogP) is 5.55. The van der Waals surface area contributed by atoms with E-state index in [2.05, 4.69) is 85.6 Å². The number of rotatable bonds is 2. The summed E-state index contributed by atoms with van der Waals surface area (Å²) in [5.41, 5.74) is 7.17. The van der Waals surface area contributed by atoms with Gasteiger partial charge in [-0.2, -0.15) is 5.10 Å². The molecule has 5 rings (SSSR count). The van der Waals surface area contributed by atoms with E-state index < -0.39 is 0 Å². The largest absolute Gasteiger partial charge is 0.464 e. The number of benzene rings is 3. The van der Waals surface area contributed by atoms with Crippen LogP contribution in [0.5, 0.6) is 5.75 Å². The van der Waals surface area contributed by atoms with Crippen LogP contribution in [-0.4, -0.2) is 10.7 Å². The van der Waals surface area contributed by atoms with Crippen molar-refractivity contribution in [1.82, 2.24) is 5.01 Å². The zero-order chi connectivity index (χ0) is 18.4. The molecular formula is C24H22N2O. The van der Waals surface area contributed by atoms with Gasteiger partial charge in [-0.1, -0.05) is 77.9 Å². The Kier molecular flexibility index (Phi) is 3.75. The molecule has 0 fully saturated rings. The SMILES string of the molecule is Cc1ccc(C2=NN3[C@H](C2)c2ccccc2O[C@@H]3c2cccc(C)c2)cc1. The Morgan fingerprint density at radius 1 is 0.889 bits per heavy atom. The minimum absolute atomic E-state index is 0.201. The van der Waals surface area contributed by atoms with Crippen molar-refractivity contribution in [2.45, 2.75) is 32.5 Å². The molecule has 0 spiro atoms. The van der Waals surface area contributed by atoms with E-state index >= 15 is 0 Å². The molecular weight excluding hydrogens is 332 g/mol. The Morgan fingerprint density at radius 3 is 2.52 bits per heavy atom. The van der Waals surface area contributed by atoms with Crippen LogP contribution in [0.3, 0.4) is 0 Å². The molecule has 0 bridgehead atoms. The summed E-state index contributed by atoms with van der Waals surface area (Å²) in [5, 5.41) is 7.17. The molecule has 3 heteroatoms. The van der Waals surface area contributed by atoms with Crippen LogP contribution in [0.2, 0.25) is 0 Å². The van der Waals surface area contributed by atoms with Gasteiger partial charge in [0.05, 0.1) is 11.8 Å². The predicted molar refractivity (Wildman–Crippen MR) is 108 cm³/mol. The fourth-order valence-electron chi connectivity index (χ4n) is 4.00. The number of ether oxygens (including phenoxy) is 1. The van der Waals surface area contributed by atoms with Crippen LogP contribution in [0.15, 0.2) is 77.9 Å². The van der Waals surface area contributed by atoms with Crippen LogP contribution in [0, 0.1) is 13.8 Å². The van der Waals surface area contributed by atoms with Crippen LogP contribution in [0.4, 0.5) is 0 Å². The average Bonchev–Trinajstić information content (AvgIpc) is 3.13. The lowest BCUT2D eigenvalue weighted by Gasteiger charge is -2.38. The number of fused-ring (bicyclic) bond motifs is 3. The molecule has 2 heterocycles. The maximum absolute atomic E-state index is 6.41. The second kappa shape index (κ2) is 6.27. The van der Waals surface area contributed by atoms with Gasteiger partial charge in [-0.3, -0.25) is 0 Å². The lowest BCUT2D eigenvalue weighted by atomic mass is 9.95. The molecule has 0 N–H and O–H groups in total. The third-order valence-corrected chi connectivity index (χ3v) is 5.41. The molecule has 0 saturated carbocycles. The Hall–Kier alpha value is -3.07. The molecule has 0 radical (unpaired) electrons. The van der Waals surface area contributed by atoms with Gasteiger partial charge in [0.2, 0.25) is 6.23 Å². The topological polar surface area (TPSA) is 24.8 Å². The van der Waals surface area contributed by atoms with E-state index in [1.807, 2.05) is 6.07 Å². The first-order valence-corrected chi connectivity index (χ1v) is 9.44. The Balaban J connectivity index is 1.60. The van der Waals surface area contributed by atoms with Crippen molar-refractivity contribution in [3.8, 4) is 5.75 Å². The van der Waals surface area contributed by atoms with Gasteiger partial charge in [-0.25, -0.2) is 5.01 Å². The van der Waals surface area contributed by atoms with Crippen molar-refractivity contribution in [3.05, 3.63) is 101 Å². The van der Waals surface area contributed by atoms with Gasteiger partial charge in [0, 0.05) is 17.5 Å². The number of aryl methyl sites for hydroxylation is 2. The first-order chi connectivity index (χ1) is 13.2. The molecule has 0 unspecified atom stereocenters. The van der Waals surface area contributed by atoms with Crippen LogP contribution >= 0.6 is 0 Å². The van der Waals surface area contributed by atoms with Crippen molar-refractivity contribution in [3.63, 3.8) is 0 Å². The molecule has 2 atom stereocenters. The van der Waals surface area contributed by atoms with Gasteiger partial charge < -0.3 is 4.74 Å². The van der Waals surface area contributed by atoms with Crippen LogP contribution in [-0.2, 0) is 0 Å². The highest BCUT2D eigenvalue weighted by Gasteiger charge is 2.40. The maximum atomic E-state index is 6.41. The van der Waals surface area contributed by atoms with Crippen LogP contribution < -0.4 is 4.74 Å². The Bertz CT molecular complexity index is 1020. The average molecular weight is 354 g/mol. The number of hydrogen-bond donors (Lipinski definition) is 0. The zero-order valence-electron chi connectivity index (χ0n) is 15.6. The summed E-state index contributed by atoms with van der Waals surface area (Å²) in [6, 6.07) is 25.7. The monoisotopic (exact) mass is 354 g/mol. The molecule has 2 aliphatic heterocycles. The van der Waals surface area contributed by atoms with Crippen molar-refractivity contribution < 1.29 is 4.74 Å². The standard InChI is InChI=1S/C24H22N2O/c1-16-10-12-18(13-11-16)21-15-22-20-8-3-4-9-23(20)27-24(26(22)25-21)19-7-5-6-17(2)14-19/h3-14,22,24H,15H2,1-2H3/t22-,24-/m1/s1. The van der Waals surface area contributed by atoms with Gasteiger partial charge in [0.15, 0.2) is 0 Å². The zero-order valence-corrected chi connectivity index (χ0v) is 15.6. The van der Waals surface area contributed by atoms with E-state index in [9.17, 15) is 0 Å². The van der Waals surface area contributed by atoms with E-state index in [1.54, 1.807) is 0 Å². The summed E-state index contributed by atoms with van der Waals surface area (Å²) in [6.07, 6.45) is 0.693. The van der Waals surface area contributed by atoms with Crippen molar-refractivity contribution in [2.24, 2.45) is 5.10 Å². The molecule has 3 aromatic carbocycles. The highest BCUT2D eigenvalue weighted by atomic mass is 16.5. The molecule has 2 aliphatic rings. The van der Waals surface area contributed by atoms with Crippen molar-refractivity contribution >= 4 is 5.71 Å². The second-order valence-electron chi connectivity index (χ2n) is 7.43. The van der Waals surface area contributed by atoms with Crippen LogP contribution in [0.25, 0.3) is 0 Å². The van der Waals surface area contributed by atoms with Gasteiger partial charge in [-0.15, -0.1) is 0 Å². The van der Waals surface area contributed by atoms with E-state index in [4.69, 9.17) is 9.84 Å². The molecule has 0 aliphatic carbocycles. The fraction of sp³-hybridized carbons (Fsp3) is 0.208. The minimum atomic E-state index is -0.201. The summed E-state index contributed by atoms with van der Waals surface area (Å²) in [6.45, 7) is 4.23. The number of hydrazone groups is 1. The highest BCUT2D eigenvalue weighted by Crippen LogP contribution is 2.47. The Labute approximate surface area is 159 Å². The van der Waals surface area contributed by atoms with E-state index in [1.165, 1.54) is 22.3 Å². The molecule has 3 nitrogen and oxygen atoms in total. The van der Waals surface area contributed by atoms with E-state index in [0.717, 1.165) is 23.4 Å². The molecule has 134 valence electrons. The summed E-state index contributed by atoms with van der Waals surface area (Å²) in [7, 11) is 0. The highest BCUT2D eigenvalue weighted by molar-refractivity contribution is 6.02. The minimum Gasteiger partial charge on any atom is -0.464 e. The normalized spacial score (nSPS) is 20.5. The maximum Gasteiger partial charge on any atom is 0.213 e. The molecule has 27 heavy (non-hydrogen) atoms. The lowest BCUT2D eigenvalue weighted by Crippen LogP contribution is -2.33. The third-order valence-electron chi connectivity index (χ3n) is 5.41. The second-order valence-corrected chi connectivity index (χ2v) is 7.43. The van der Waals surface area contributed by atoms with Crippen molar-refractivity contribution in [2.75, 3.05) is 0 Å². The number of nitrogens with zero attached hydrogens (tertiary/aromatic N) is 2. The van der Waals surface area contributed by atoms with Gasteiger partial charge in [-0.05, 0) is 25.5 Å².